The zero-order chi connectivity index (χ0) is 42.2. The first-order valence-corrected chi connectivity index (χ1v) is 19.8. The summed E-state index contributed by atoms with van der Waals surface area (Å²) >= 11 is 0. The summed E-state index contributed by atoms with van der Waals surface area (Å²) in [6.45, 7) is 19.4. The number of benzene rings is 3. The van der Waals surface area contributed by atoms with Crippen LogP contribution in [0.3, 0.4) is 0 Å². The average Bonchev–Trinajstić information content (AvgIpc) is 3.99. The van der Waals surface area contributed by atoms with Crippen LogP contribution >= 0.6 is 0 Å². The van der Waals surface area contributed by atoms with Crippen molar-refractivity contribution >= 4 is 56.6 Å². The number of hydrogen-bond donors (Lipinski definition) is 3. The quantitative estimate of drug-likeness (QED) is 0.117. The molecular weight excluding hydrogens is 737 g/mol. The van der Waals surface area contributed by atoms with E-state index in [0.29, 0.717) is 22.3 Å². The number of rotatable bonds is 5. The van der Waals surface area contributed by atoms with E-state index in [-0.39, 0.29) is 33.0 Å². The molecule has 7 aromatic rings. The highest BCUT2D eigenvalue weighted by atomic mass is 16.6. The molecule has 4 aromatic heterocycles. The van der Waals surface area contributed by atoms with E-state index < -0.39 is 21.2 Å². The van der Waals surface area contributed by atoms with E-state index >= 15 is 0 Å². The highest BCUT2D eigenvalue weighted by Gasteiger charge is 2.36. The highest BCUT2D eigenvalue weighted by Crippen LogP contribution is 2.44. The molecule has 0 aliphatic carbocycles. The van der Waals surface area contributed by atoms with Crippen molar-refractivity contribution in [3.63, 3.8) is 0 Å². The Morgan fingerprint density at radius 1 is 0.424 bits per heavy atom. The van der Waals surface area contributed by atoms with E-state index in [9.17, 15) is 20.2 Å². The molecule has 0 amide bonds. The third-order valence-corrected chi connectivity index (χ3v) is 11.3. The lowest BCUT2D eigenvalue weighted by Gasteiger charge is -2.19. The third-order valence-electron chi connectivity index (χ3n) is 11.3. The largest absolute Gasteiger partial charge is 0.373 e. The molecule has 0 unspecified atom stereocenters. The first-order chi connectivity index (χ1) is 27.8. The van der Waals surface area contributed by atoms with Crippen LogP contribution in [0, 0.1) is 20.2 Å². The Morgan fingerprint density at radius 2 is 0.763 bits per heavy atom. The van der Waals surface area contributed by atoms with E-state index in [4.69, 9.17) is 4.98 Å². The number of H-pyrrole nitrogens is 3. The van der Waals surface area contributed by atoms with Gasteiger partial charge in [-0.05, 0) is 86.0 Å². The second-order valence-electron chi connectivity index (χ2n) is 18.5. The maximum Gasteiger partial charge on any atom is 0.373 e. The Morgan fingerprint density at radius 3 is 1.17 bits per heavy atom. The van der Waals surface area contributed by atoms with Gasteiger partial charge in [0.25, 0.3) is 0 Å². The maximum atomic E-state index is 13.1. The fourth-order valence-electron chi connectivity index (χ4n) is 7.96. The van der Waals surface area contributed by atoms with E-state index in [2.05, 4.69) is 132 Å². The zero-order valence-corrected chi connectivity index (χ0v) is 34.9. The van der Waals surface area contributed by atoms with Crippen LogP contribution in [0.1, 0.15) is 90.4 Å². The van der Waals surface area contributed by atoms with Gasteiger partial charge in [-0.25, -0.2) is 4.98 Å². The van der Waals surface area contributed by atoms with E-state index in [1.165, 1.54) is 11.1 Å². The maximum absolute atomic E-state index is 13.1. The van der Waals surface area contributed by atoms with Gasteiger partial charge in [0.2, 0.25) is 0 Å². The van der Waals surface area contributed by atoms with Crippen LogP contribution in [0.4, 0.5) is 11.4 Å². The minimum Gasteiger partial charge on any atom is -0.354 e. The Hall–Kier alpha value is -6.81. The molecule has 3 aromatic carbocycles. The van der Waals surface area contributed by atoms with Crippen LogP contribution in [-0.2, 0) is 16.2 Å². The molecule has 0 radical (unpaired) electrons. The third kappa shape index (κ3) is 7.09. The molecule has 5 heterocycles. The number of aromatic nitrogens is 4. The molecule has 0 atom stereocenters. The molecule has 10 heteroatoms. The van der Waals surface area contributed by atoms with Crippen molar-refractivity contribution in [3.8, 4) is 33.4 Å². The number of nitrogens with one attached hydrogen (secondary N) is 3. The van der Waals surface area contributed by atoms with Crippen molar-refractivity contribution in [2.45, 2.75) is 78.6 Å². The van der Waals surface area contributed by atoms with Crippen molar-refractivity contribution in [2.75, 3.05) is 0 Å². The van der Waals surface area contributed by atoms with Crippen molar-refractivity contribution in [2.24, 2.45) is 0 Å². The lowest BCUT2D eigenvalue weighted by molar-refractivity contribution is -0.419. The van der Waals surface area contributed by atoms with Gasteiger partial charge in [0, 0.05) is 38.8 Å². The summed E-state index contributed by atoms with van der Waals surface area (Å²) < 4.78 is 0. The van der Waals surface area contributed by atoms with E-state index in [0.717, 1.165) is 44.4 Å². The molecule has 59 heavy (non-hydrogen) atoms. The van der Waals surface area contributed by atoms with Gasteiger partial charge in [-0.3, -0.25) is 20.2 Å². The number of nitrogens with zero attached hydrogens (tertiary/aromatic N) is 3. The Kier molecular flexibility index (Phi) is 9.22. The summed E-state index contributed by atoms with van der Waals surface area (Å²) in [6, 6.07) is 32.6. The van der Waals surface area contributed by atoms with Crippen molar-refractivity contribution in [1.82, 2.24) is 19.9 Å². The topological polar surface area (TPSA) is 147 Å². The van der Waals surface area contributed by atoms with Gasteiger partial charge < -0.3 is 15.0 Å². The molecule has 8 rings (SSSR count). The predicted molar refractivity (Wildman–Crippen MR) is 241 cm³/mol. The second kappa shape index (κ2) is 13.9. The summed E-state index contributed by atoms with van der Waals surface area (Å²) in [4.78, 5) is 40.2. The van der Waals surface area contributed by atoms with E-state index in [1.807, 2.05) is 48.5 Å². The summed E-state index contributed by atoms with van der Waals surface area (Å²) in [5.74, 6) is 0. The van der Waals surface area contributed by atoms with Gasteiger partial charge >= 0.3 is 11.4 Å². The molecule has 1 aliphatic rings. The zero-order valence-electron chi connectivity index (χ0n) is 34.9. The van der Waals surface area contributed by atoms with Crippen molar-refractivity contribution < 1.29 is 9.85 Å². The minimum absolute atomic E-state index is 0.00709. The second-order valence-corrected chi connectivity index (χ2v) is 18.5. The van der Waals surface area contributed by atoms with Crippen LogP contribution in [0.25, 0.3) is 78.6 Å². The number of aromatic amines is 3. The van der Waals surface area contributed by atoms with E-state index in [1.54, 1.807) is 6.08 Å². The molecule has 10 nitrogen and oxygen atoms in total. The Labute approximate surface area is 342 Å². The number of fused-ring (bicyclic) bond motifs is 9. The molecular formula is C49H48N6O4. The van der Waals surface area contributed by atoms with Crippen LogP contribution in [0.5, 0.6) is 0 Å². The minimum atomic E-state index is -0.689. The molecule has 0 saturated carbocycles. The molecule has 0 saturated heterocycles. The Bertz CT molecular complexity index is 2960. The number of hydrogen-bond acceptors (Lipinski definition) is 5. The summed E-state index contributed by atoms with van der Waals surface area (Å²) in [5, 5.41) is 26.1. The van der Waals surface area contributed by atoms with Gasteiger partial charge in [-0.1, -0.05) is 135 Å². The molecule has 0 spiro atoms. The monoisotopic (exact) mass is 784 g/mol. The predicted octanol–water partition coefficient (Wildman–Crippen LogP) is 13.4. The van der Waals surface area contributed by atoms with Crippen LogP contribution in [0.2, 0.25) is 0 Å². The smallest absolute Gasteiger partial charge is 0.354 e. The highest BCUT2D eigenvalue weighted by molar-refractivity contribution is 6.06. The number of nitro groups is 2. The van der Waals surface area contributed by atoms with Gasteiger partial charge in [0.05, 0.1) is 21.2 Å². The molecule has 3 N–H and O–H groups in total. The lowest BCUT2D eigenvalue weighted by atomic mass is 9.86. The Balaban J connectivity index is 1.58. The SMILES string of the molecule is CC(C)(C)c1ccc(-c2c3nc(c4[nH]c(c([N+](=O)[O-])c4[N+](=O)[O-])c(-c4ccc(C(C)(C)C)cc4)c4ccc([nH]4)c(-c4ccc(C(C)(C)C)cc4)c4ccc2[nH]4)C=C3)cc1. The standard InChI is InChI=1S/C49H48N6O4/c1-47(2,3)31-16-10-28(11-17-31)40-34-22-23-35(50-34)41(29-12-18-32(19-13-29)48(4,5)6)37-26-27-39(52-37)43-45(54(56)57)46(55(58)59)44(53-43)42(38-25-24-36(40)51-38)30-14-20-33(21-15-30)49(7,8)9/h10-27,50-51,53H,1-9H3. The van der Waals surface area contributed by atoms with Crippen molar-refractivity contribution in [3.05, 3.63) is 145 Å². The first kappa shape index (κ1) is 39.0. The summed E-state index contributed by atoms with van der Waals surface area (Å²) in [7, 11) is 0. The van der Waals surface area contributed by atoms with Gasteiger partial charge in [0.15, 0.2) is 5.52 Å². The van der Waals surface area contributed by atoms with Gasteiger partial charge in [-0.15, -0.1) is 0 Å². The average molecular weight is 785 g/mol. The summed E-state index contributed by atoms with van der Waals surface area (Å²) in [5.41, 5.74) is 10.1. The molecule has 0 fully saturated rings. The van der Waals surface area contributed by atoms with Crippen LogP contribution in [-0.4, -0.2) is 29.8 Å². The molecule has 298 valence electrons. The normalized spacial score (nSPS) is 12.7. The fraction of sp³-hybridized carbons (Fsp3) is 0.245. The van der Waals surface area contributed by atoms with Crippen LogP contribution in [0.15, 0.2) is 97.1 Å². The molecule has 8 bridgehead atoms. The van der Waals surface area contributed by atoms with Gasteiger partial charge in [-0.2, -0.15) is 0 Å². The molecule has 1 aliphatic heterocycles. The fourth-order valence-corrected chi connectivity index (χ4v) is 7.96. The first-order valence-electron chi connectivity index (χ1n) is 19.8. The summed E-state index contributed by atoms with van der Waals surface area (Å²) in [6.07, 6.45) is 3.49. The van der Waals surface area contributed by atoms with Gasteiger partial charge in [0.1, 0.15) is 5.52 Å². The van der Waals surface area contributed by atoms with Crippen molar-refractivity contribution in [1.29, 1.82) is 0 Å². The lowest BCUT2D eigenvalue weighted by Crippen LogP contribution is -2.10. The van der Waals surface area contributed by atoms with Crippen LogP contribution < -0.4 is 0 Å².